The van der Waals surface area contributed by atoms with E-state index in [0.29, 0.717) is 0 Å². The van der Waals surface area contributed by atoms with Crippen LogP contribution in [0.4, 0.5) is 13.4 Å². The number of rotatable bonds is 3. The lowest BCUT2D eigenvalue weighted by atomic mass is 11.2. The Balaban J connectivity index is 2.68. The lowest BCUT2D eigenvalue weighted by molar-refractivity contribution is -0.201. The standard InChI is InChI=1S/CH4F3N3/c2-5-1-6-7(3)4/h5-6H,1H2. The van der Waals surface area contributed by atoms with Crippen molar-refractivity contribution in [2.45, 2.75) is 0 Å². The molecule has 0 aromatic heterocycles. The van der Waals surface area contributed by atoms with E-state index in [4.69, 9.17) is 0 Å². The molecule has 0 aliphatic carbocycles. The average Bonchev–Trinajstić information content (AvgIpc) is 1.61. The molecule has 0 heterocycles. The SMILES string of the molecule is FNCNN(F)F. The van der Waals surface area contributed by atoms with E-state index in [1.807, 2.05) is 0 Å². The Bertz CT molecular complexity index is 39.2. The minimum atomic E-state index is -1.34. The lowest BCUT2D eigenvalue weighted by Gasteiger charge is -1.96. The summed E-state index contributed by atoms with van der Waals surface area (Å²) in [5, 5.41) is 0. The first-order chi connectivity index (χ1) is 3.27. The Morgan fingerprint density at radius 1 is 1.43 bits per heavy atom. The van der Waals surface area contributed by atoms with Crippen LogP contribution in [0.3, 0.4) is 0 Å². The molecule has 0 aliphatic rings. The number of hydrazine groups is 1. The molecule has 0 aromatic carbocycles. The molecule has 0 spiro atoms. The summed E-state index contributed by atoms with van der Waals surface area (Å²) >= 11 is 0. The first-order valence-electron chi connectivity index (χ1n) is 1.46. The van der Waals surface area contributed by atoms with E-state index < -0.39 is 12.1 Å². The molecule has 0 saturated heterocycles. The number of halogens is 3. The molecule has 6 heteroatoms. The molecule has 0 rings (SSSR count). The molecule has 2 N–H and O–H groups in total. The van der Waals surface area contributed by atoms with Crippen LogP contribution >= 0.6 is 0 Å². The number of hydrogen-bond acceptors (Lipinski definition) is 3. The fourth-order valence-corrected chi connectivity index (χ4v) is 0.0896. The van der Waals surface area contributed by atoms with Crippen LogP contribution in [0.15, 0.2) is 0 Å². The van der Waals surface area contributed by atoms with Crippen LogP contribution in [0.25, 0.3) is 0 Å². The highest BCUT2D eigenvalue weighted by Crippen LogP contribution is 1.76. The summed E-state index contributed by atoms with van der Waals surface area (Å²) in [6.07, 6.45) is 0. The molecule has 0 amide bonds. The maximum atomic E-state index is 10.7. The minimum absolute atomic E-state index is 0.590. The van der Waals surface area contributed by atoms with Gasteiger partial charge in [0.15, 0.2) is 0 Å². The highest BCUT2D eigenvalue weighted by atomic mass is 19.4. The van der Waals surface area contributed by atoms with Gasteiger partial charge in [-0.2, -0.15) is 5.43 Å². The smallest absolute Gasteiger partial charge is 0.0966 e. The third kappa shape index (κ3) is 5.67. The molecule has 7 heavy (non-hydrogen) atoms. The molecular weight excluding hydrogens is 111 g/mol. The van der Waals surface area contributed by atoms with E-state index in [1.54, 1.807) is 0 Å². The van der Waals surface area contributed by atoms with Gasteiger partial charge in [-0.1, -0.05) is 8.96 Å². The van der Waals surface area contributed by atoms with E-state index in [1.165, 1.54) is 5.43 Å². The molecular formula is CH4F3N3. The third-order valence-corrected chi connectivity index (χ3v) is 0.265. The Morgan fingerprint density at radius 3 is 2.14 bits per heavy atom. The van der Waals surface area contributed by atoms with Crippen LogP contribution in [0.1, 0.15) is 0 Å². The van der Waals surface area contributed by atoms with E-state index in [9.17, 15) is 13.4 Å². The number of hydrogen-bond donors (Lipinski definition) is 2. The predicted octanol–water partition coefficient (Wildman–Crippen LogP) is -0.00640. The van der Waals surface area contributed by atoms with Crippen molar-refractivity contribution in [1.29, 1.82) is 0 Å². The second-order valence-electron chi connectivity index (χ2n) is 0.701. The molecule has 0 aliphatic heterocycles. The van der Waals surface area contributed by atoms with Gasteiger partial charge in [-0.15, -0.1) is 10.0 Å². The Kier molecular flexibility index (Phi) is 3.67. The average molecular weight is 115 g/mol. The fraction of sp³-hybridized carbons (Fsp3) is 1.00. The second kappa shape index (κ2) is 3.85. The summed E-state index contributed by atoms with van der Waals surface area (Å²) in [5.41, 5.74) is 0.935. The quantitative estimate of drug-likeness (QED) is 0.308. The van der Waals surface area contributed by atoms with E-state index >= 15 is 0 Å². The Morgan fingerprint density at radius 2 is 2.00 bits per heavy atom. The normalized spacial score (nSPS) is 10.3. The van der Waals surface area contributed by atoms with Gasteiger partial charge in [-0.25, -0.2) is 0 Å². The summed E-state index contributed by atoms with van der Waals surface area (Å²) in [7, 11) is 0. The Labute approximate surface area is 37.9 Å². The summed E-state index contributed by atoms with van der Waals surface area (Å²) in [4.78, 5) is 0. The van der Waals surface area contributed by atoms with Crippen molar-refractivity contribution in [3.8, 4) is 0 Å². The minimum Gasteiger partial charge on any atom is -0.181 e. The van der Waals surface area contributed by atoms with Crippen LogP contribution in [-0.2, 0) is 0 Å². The summed E-state index contributed by atoms with van der Waals surface area (Å²) in [6, 6.07) is 0. The van der Waals surface area contributed by atoms with Crippen LogP contribution in [0, 0.1) is 0 Å². The summed E-state index contributed by atoms with van der Waals surface area (Å²) < 4.78 is 32.2. The molecule has 0 atom stereocenters. The van der Waals surface area contributed by atoms with Crippen molar-refractivity contribution >= 4 is 0 Å². The molecule has 0 unspecified atom stereocenters. The third-order valence-electron chi connectivity index (χ3n) is 0.265. The molecule has 3 nitrogen and oxygen atoms in total. The highest BCUT2D eigenvalue weighted by Gasteiger charge is 1.91. The molecule has 0 fully saturated rings. The maximum Gasteiger partial charge on any atom is 0.0966 e. The van der Waals surface area contributed by atoms with Crippen molar-refractivity contribution in [1.82, 2.24) is 16.4 Å². The lowest BCUT2D eigenvalue weighted by Crippen LogP contribution is -2.30. The summed E-state index contributed by atoms with van der Waals surface area (Å²) in [5.74, 6) is 0. The van der Waals surface area contributed by atoms with Crippen molar-refractivity contribution in [2.75, 3.05) is 6.67 Å². The van der Waals surface area contributed by atoms with Crippen LogP contribution in [-0.4, -0.2) is 12.1 Å². The predicted molar refractivity (Wildman–Crippen MR) is 16.3 cm³/mol. The number of nitrogens with one attached hydrogen (secondary N) is 2. The van der Waals surface area contributed by atoms with Crippen molar-refractivity contribution in [3.63, 3.8) is 0 Å². The molecule has 0 radical (unpaired) electrons. The van der Waals surface area contributed by atoms with Gasteiger partial charge in [-0.05, 0) is 0 Å². The molecule has 0 saturated carbocycles. The molecule has 0 aromatic rings. The van der Waals surface area contributed by atoms with E-state index in [-0.39, 0.29) is 0 Å². The summed E-state index contributed by atoms with van der Waals surface area (Å²) in [6.45, 7) is -0.590. The zero-order valence-electron chi connectivity index (χ0n) is 3.29. The first-order valence-corrected chi connectivity index (χ1v) is 1.46. The van der Waals surface area contributed by atoms with Crippen molar-refractivity contribution in [2.24, 2.45) is 0 Å². The van der Waals surface area contributed by atoms with E-state index in [0.717, 1.165) is 5.54 Å². The topological polar surface area (TPSA) is 27.3 Å². The van der Waals surface area contributed by atoms with Gasteiger partial charge in [0.05, 0.1) is 12.1 Å². The highest BCUT2D eigenvalue weighted by molar-refractivity contribution is 4.12. The Hall–Kier alpha value is -0.330. The maximum absolute atomic E-state index is 10.7. The van der Waals surface area contributed by atoms with Crippen LogP contribution < -0.4 is 11.0 Å². The van der Waals surface area contributed by atoms with Crippen LogP contribution in [0.2, 0.25) is 0 Å². The van der Waals surface area contributed by atoms with Gasteiger partial charge in [0.2, 0.25) is 0 Å². The van der Waals surface area contributed by atoms with Crippen molar-refractivity contribution < 1.29 is 13.4 Å². The van der Waals surface area contributed by atoms with Gasteiger partial charge >= 0.3 is 0 Å². The number of nitrogens with zero attached hydrogens (tertiary/aromatic N) is 1. The fourth-order valence-electron chi connectivity index (χ4n) is 0.0896. The van der Waals surface area contributed by atoms with Gasteiger partial charge in [0.25, 0.3) is 0 Å². The van der Waals surface area contributed by atoms with Gasteiger partial charge in [0.1, 0.15) is 0 Å². The second-order valence-corrected chi connectivity index (χ2v) is 0.701. The van der Waals surface area contributed by atoms with Gasteiger partial charge < -0.3 is 0 Å². The molecule has 0 bridgehead atoms. The monoisotopic (exact) mass is 115 g/mol. The van der Waals surface area contributed by atoms with Gasteiger partial charge in [-0.3, -0.25) is 0 Å². The van der Waals surface area contributed by atoms with Gasteiger partial charge in [0, 0.05) is 0 Å². The van der Waals surface area contributed by atoms with Crippen LogP contribution in [0.5, 0.6) is 0 Å². The first kappa shape index (κ1) is 6.67. The zero-order valence-corrected chi connectivity index (χ0v) is 3.29. The largest absolute Gasteiger partial charge is 0.181 e. The van der Waals surface area contributed by atoms with Crippen molar-refractivity contribution in [3.05, 3.63) is 0 Å². The van der Waals surface area contributed by atoms with E-state index in [2.05, 4.69) is 0 Å². The zero-order chi connectivity index (χ0) is 5.70. The molecule has 44 valence electrons.